The molecule has 0 radical (unpaired) electrons. The van der Waals surface area contributed by atoms with E-state index in [1.165, 1.54) is 0 Å². The van der Waals surface area contributed by atoms with Crippen LogP contribution in [0.1, 0.15) is 27.7 Å². The summed E-state index contributed by atoms with van der Waals surface area (Å²) in [6, 6.07) is 8.11. The molecule has 1 saturated heterocycles. The second kappa shape index (κ2) is 10.8. The van der Waals surface area contributed by atoms with Gasteiger partial charge in [0, 0.05) is 39.3 Å². The molecule has 29 heavy (non-hydrogen) atoms. The molecule has 1 aromatic rings. The monoisotopic (exact) mass is 405 g/mol. The minimum atomic E-state index is -0.497. The number of alkyl carbamates (subject to hydrolysis) is 1. The van der Waals surface area contributed by atoms with E-state index >= 15 is 0 Å². The highest BCUT2D eigenvalue weighted by Crippen LogP contribution is 2.28. The summed E-state index contributed by atoms with van der Waals surface area (Å²) in [6.07, 6.45) is -0.414. The number of guanidine groups is 1. The van der Waals surface area contributed by atoms with Crippen molar-refractivity contribution in [3.05, 3.63) is 24.3 Å². The standard InChI is InChI=1S/C21H35N5O3/c1-6-22-19(23-11-12-24-20(27)29-21(2,3)4)26-15-13-25(14-16-26)17-9-7-8-10-18(17)28-5/h7-10H,6,11-16H2,1-5H3,(H,22,23)(H,24,27). The number of amides is 1. The van der Waals surface area contributed by atoms with Crippen LogP contribution >= 0.6 is 0 Å². The number of carbonyl (C=O) groups is 1. The summed E-state index contributed by atoms with van der Waals surface area (Å²) in [7, 11) is 1.70. The van der Waals surface area contributed by atoms with Crippen molar-refractivity contribution in [2.45, 2.75) is 33.3 Å². The van der Waals surface area contributed by atoms with Crippen molar-refractivity contribution >= 4 is 17.7 Å². The van der Waals surface area contributed by atoms with E-state index in [0.717, 1.165) is 50.1 Å². The maximum atomic E-state index is 11.7. The van der Waals surface area contributed by atoms with Gasteiger partial charge in [-0.25, -0.2) is 4.79 Å². The summed E-state index contributed by atoms with van der Waals surface area (Å²) in [5.41, 5.74) is 0.627. The van der Waals surface area contributed by atoms with E-state index in [4.69, 9.17) is 9.47 Å². The normalized spacial score (nSPS) is 15.1. The number of nitrogens with one attached hydrogen (secondary N) is 2. The van der Waals surface area contributed by atoms with Crippen LogP contribution in [0, 0.1) is 0 Å². The molecule has 8 heteroatoms. The SMILES string of the molecule is CCNC(=NCCNC(=O)OC(C)(C)C)N1CCN(c2ccccc2OC)CC1. The van der Waals surface area contributed by atoms with Gasteiger partial charge in [0.25, 0.3) is 0 Å². The van der Waals surface area contributed by atoms with Crippen molar-refractivity contribution in [2.75, 3.05) is 57.8 Å². The Morgan fingerprint density at radius 1 is 1.14 bits per heavy atom. The number of hydrogen-bond donors (Lipinski definition) is 2. The minimum Gasteiger partial charge on any atom is -0.495 e. The second-order valence-electron chi connectivity index (χ2n) is 7.81. The van der Waals surface area contributed by atoms with Gasteiger partial charge in [0.15, 0.2) is 5.96 Å². The van der Waals surface area contributed by atoms with Gasteiger partial charge in [-0.05, 0) is 39.8 Å². The van der Waals surface area contributed by atoms with Crippen molar-refractivity contribution in [3.63, 3.8) is 0 Å². The van der Waals surface area contributed by atoms with Gasteiger partial charge >= 0.3 is 6.09 Å². The Bertz CT molecular complexity index is 679. The van der Waals surface area contributed by atoms with Crippen LogP contribution in [0.2, 0.25) is 0 Å². The van der Waals surface area contributed by atoms with Gasteiger partial charge in [-0.2, -0.15) is 0 Å². The van der Waals surface area contributed by atoms with E-state index < -0.39 is 11.7 Å². The predicted octanol–water partition coefficient (Wildman–Crippen LogP) is 2.31. The summed E-state index contributed by atoms with van der Waals surface area (Å²) in [4.78, 5) is 21.0. The number of ether oxygens (including phenoxy) is 2. The van der Waals surface area contributed by atoms with Crippen molar-refractivity contribution in [3.8, 4) is 5.75 Å². The summed E-state index contributed by atoms with van der Waals surface area (Å²) in [5.74, 6) is 1.77. The first-order valence-corrected chi connectivity index (χ1v) is 10.2. The van der Waals surface area contributed by atoms with Crippen LogP contribution in [0.3, 0.4) is 0 Å². The molecule has 2 N–H and O–H groups in total. The third-order valence-corrected chi connectivity index (χ3v) is 4.38. The Kier molecular flexibility index (Phi) is 8.42. The Balaban J connectivity index is 1.86. The molecule has 0 saturated carbocycles. The van der Waals surface area contributed by atoms with Crippen LogP contribution in [0.5, 0.6) is 5.75 Å². The first-order valence-electron chi connectivity index (χ1n) is 10.2. The van der Waals surface area contributed by atoms with Gasteiger partial charge in [0.2, 0.25) is 0 Å². The lowest BCUT2D eigenvalue weighted by Crippen LogP contribution is -2.52. The van der Waals surface area contributed by atoms with Gasteiger partial charge in [-0.3, -0.25) is 4.99 Å². The summed E-state index contributed by atoms with van der Waals surface area (Å²) >= 11 is 0. The molecular weight excluding hydrogens is 370 g/mol. The fourth-order valence-corrected chi connectivity index (χ4v) is 3.11. The highest BCUT2D eigenvalue weighted by Gasteiger charge is 2.21. The van der Waals surface area contributed by atoms with Crippen LogP contribution in [-0.2, 0) is 4.74 Å². The number of anilines is 1. The third-order valence-electron chi connectivity index (χ3n) is 4.38. The molecule has 1 aliphatic rings. The van der Waals surface area contributed by atoms with Crippen LogP contribution in [0.15, 0.2) is 29.3 Å². The van der Waals surface area contributed by atoms with Crippen molar-refractivity contribution in [2.24, 2.45) is 4.99 Å². The van der Waals surface area contributed by atoms with Gasteiger partial charge in [-0.1, -0.05) is 12.1 Å². The average molecular weight is 406 g/mol. The lowest BCUT2D eigenvalue weighted by atomic mass is 10.2. The molecule has 0 spiro atoms. The van der Waals surface area contributed by atoms with Gasteiger partial charge in [-0.15, -0.1) is 0 Å². The fraction of sp³-hybridized carbons (Fsp3) is 0.619. The number of nitrogens with zero attached hydrogens (tertiary/aromatic N) is 3. The van der Waals surface area contributed by atoms with Gasteiger partial charge < -0.3 is 29.9 Å². The molecule has 1 aliphatic heterocycles. The maximum Gasteiger partial charge on any atom is 0.407 e. The molecule has 1 aromatic carbocycles. The van der Waals surface area contributed by atoms with Crippen molar-refractivity contribution in [1.82, 2.24) is 15.5 Å². The van der Waals surface area contributed by atoms with E-state index in [9.17, 15) is 4.79 Å². The number of para-hydroxylation sites is 2. The van der Waals surface area contributed by atoms with Crippen LogP contribution in [0.4, 0.5) is 10.5 Å². The Morgan fingerprint density at radius 3 is 2.45 bits per heavy atom. The Hall–Kier alpha value is -2.64. The zero-order valence-electron chi connectivity index (χ0n) is 18.3. The molecule has 0 aromatic heterocycles. The quantitative estimate of drug-likeness (QED) is 0.430. The molecule has 1 fully saturated rings. The first-order chi connectivity index (χ1) is 13.8. The smallest absolute Gasteiger partial charge is 0.407 e. The summed E-state index contributed by atoms with van der Waals surface area (Å²) in [6.45, 7) is 12.8. The molecule has 2 rings (SSSR count). The molecule has 8 nitrogen and oxygen atoms in total. The number of aliphatic imine (C=N–C) groups is 1. The molecule has 0 atom stereocenters. The lowest BCUT2D eigenvalue weighted by molar-refractivity contribution is 0.0529. The number of benzene rings is 1. The number of methoxy groups -OCH3 is 1. The molecule has 1 heterocycles. The largest absolute Gasteiger partial charge is 0.495 e. The van der Waals surface area contributed by atoms with E-state index in [1.807, 2.05) is 39.0 Å². The number of piperazine rings is 1. The van der Waals surface area contributed by atoms with Gasteiger partial charge in [0.1, 0.15) is 11.4 Å². The van der Waals surface area contributed by atoms with E-state index in [-0.39, 0.29) is 0 Å². The summed E-state index contributed by atoms with van der Waals surface area (Å²) < 4.78 is 10.7. The second-order valence-corrected chi connectivity index (χ2v) is 7.81. The fourth-order valence-electron chi connectivity index (χ4n) is 3.11. The zero-order valence-corrected chi connectivity index (χ0v) is 18.3. The topological polar surface area (TPSA) is 78.4 Å². The van der Waals surface area contributed by atoms with Crippen molar-refractivity contribution < 1.29 is 14.3 Å². The Labute approximate surface area is 174 Å². The van der Waals surface area contributed by atoms with Crippen LogP contribution < -0.4 is 20.3 Å². The summed E-state index contributed by atoms with van der Waals surface area (Å²) in [5, 5.41) is 6.09. The zero-order chi connectivity index (χ0) is 21.3. The van der Waals surface area contributed by atoms with Crippen molar-refractivity contribution in [1.29, 1.82) is 0 Å². The van der Waals surface area contributed by atoms with Gasteiger partial charge in [0.05, 0.1) is 19.3 Å². The molecule has 0 aliphatic carbocycles. The van der Waals surface area contributed by atoms with Crippen LogP contribution in [-0.4, -0.2) is 75.5 Å². The average Bonchev–Trinajstić information content (AvgIpc) is 2.69. The molecule has 162 valence electrons. The molecule has 0 unspecified atom stereocenters. The van der Waals surface area contributed by atoms with E-state index in [1.54, 1.807) is 7.11 Å². The highest BCUT2D eigenvalue weighted by atomic mass is 16.6. The Morgan fingerprint density at radius 2 is 1.83 bits per heavy atom. The minimum absolute atomic E-state index is 0.414. The first kappa shape index (κ1) is 22.6. The molecule has 0 bridgehead atoms. The molecule has 1 amide bonds. The number of carbonyl (C=O) groups excluding carboxylic acids is 1. The highest BCUT2D eigenvalue weighted by molar-refractivity contribution is 5.80. The van der Waals surface area contributed by atoms with E-state index in [2.05, 4.69) is 38.4 Å². The maximum absolute atomic E-state index is 11.7. The lowest BCUT2D eigenvalue weighted by Gasteiger charge is -2.38. The van der Waals surface area contributed by atoms with Crippen LogP contribution in [0.25, 0.3) is 0 Å². The number of hydrogen-bond acceptors (Lipinski definition) is 5. The number of rotatable bonds is 6. The predicted molar refractivity (Wildman–Crippen MR) is 117 cm³/mol. The van der Waals surface area contributed by atoms with E-state index in [0.29, 0.717) is 13.1 Å². The molecular formula is C21H35N5O3. The third kappa shape index (κ3) is 7.36.